The number of ether oxygens (including phenoxy) is 1. The third-order valence-corrected chi connectivity index (χ3v) is 4.18. The van der Waals surface area contributed by atoms with E-state index in [0.29, 0.717) is 24.8 Å². The maximum atomic E-state index is 5.58. The van der Waals surface area contributed by atoms with Gasteiger partial charge in [0.15, 0.2) is 5.11 Å². The first-order valence-corrected chi connectivity index (χ1v) is 8.69. The van der Waals surface area contributed by atoms with Crippen molar-refractivity contribution in [1.82, 2.24) is 15.2 Å². The molecule has 0 amide bonds. The van der Waals surface area contributed by atoms with E-state index >= 15 is 0 Å². The predicted molar refractivity (Wildman–Crippen MR) is 107 cm³/mol. The Kier molecular flexibility index (Phi) is 7.63. The topological polar surface area (TPSA) is 40.6 Å². The van der Waals surface area contributed by atoms with Gasteiger partial charge in [0.1, 0.15) is 0 Å². The van der Waals surface area contributed by atoms with E-state index in [1.165, 1.54) is 11.3 Å². The van der Waals surface area contributed by atoms with Crippen LogP contribution < -0.4 is 10.2 Å². The van der Waals surface area contributed by atoms with Gasteiger partial charge in [-0.2, -0.15) is 0 Å². The summed E-state index contributed by atoms with van der Waals surface area (Å²) in [7, 11) is 5.76. The minimum absolute atomic E-state index is 0.620. The number of rotatable bonds is 8. The maximum Gasteiger partial charge on any atom is 0.169 e. The number of thiocarbonyl (C=S) groups is 1. The Labute approximate surface area is 155 Å². The van der Waals surface area contributed by atoms with Gasteiger partial charge in [-0.1, -0.05) is 18.2 Å². The van der Waals surface area contributed by atoms with Gasteiger partial charge in [-0.05, 0) is 42.0 Å². The van der Waals surface area contributed by atoms with Gasteiger partial charge < -0.3 is 19.9 Å². The standard InChI is InChI=1S/C19H26N4OS/c1-22(2)18-9-7-16(8-10-18)14-23(19(25)21-12-13-24-3)15-17-6-4-5-11-20-17/h4-11H,12-15H2,1-3H3,(H,21,25). The lowest BCUT2D eigenvalue weighted by Gasteiger charge is -2.26. The quantitative estimate of drug-likeness (QED) is 0.578. The smallest absolute Gasteiger partial charge is 0.169 e. The van der Waals surface area contributed by atoms with Crippen LogP contribution in [-0.2, 0) is 17.8 Å². The van der Waals surface area contributed by atoms with Crippen LogP contribution in [0.3, 0.4) is 0 Å². The molecule has 134 valence electrons. The van der Waals surface area contributed by atoms with Gasteiger partial charge in [0.2, 0.25) is 0 Å². The van der Waals surface area contributed by atoms with Crippen LogP contribution in [-0.4, -0.2) is 49.4 Å². The van der Waals surface area contributed by atoms with Crippen molar-refractivity contribution < 1.29 is 4.74 Å². The molecule has 0 unspecified atom stereocenters. The Morgan fingerprint density at radius 3 is 2.48 bits per heavy atom. The second-order valence-electron chi connectivity index (χ2n) is 5.96. The molecule has 0 aliphatic rings. The normalized spacial score (nSPS) is 10.4. The first-order chi connectivity index (χ1) is 12.1. The van der Waals surface area contributed by atoms with Crippen molar-refractivity contribution in [3.8, 4) is 0 Å². The Balaban J connectivity index is 2.08. The molecule has 6 heteroatoms. The van der Waals surface area contributed by atoms with Crippen molar-refractivity contribution in [3.63, 3.8) is 0 Å². The molecular weight excluding hydrogens is 332 g/mol. The summed E-state index contributed by atoms with van der Waals surface area (Å²) < 4.78 is 5.09. The van der Waals surface area contributed by atoms with E-state index in [1.807, 2.05) is 32.3 Å². The Bertz CT molecular complexity index is 646. The average Bonchev–Trinajstić information content (AvgIpc) is 2.62. The highest BCUT2D eigenvalue weighted by molar-refractivity contribution is 7.80. The highest BCUT2D eigenvalue weighted by atomic mass is 32.1. The lowest BCUT2D eigenvalue weighted by atomic mass is 10.2. The molecule has 0 atom stereocenters. The summed E-state index contributed by atoms with van der Waals surface area (Å²) >= 11 is 5.58. The fraction of sp³-hybridized carbons (Fsp3) is 0.368. The number of aromatic nitrogens is 1. The number of pyridine rings is 1. The van der Waals surface area contributed by atoms with Gasteiger partial charge in [0.25, 0.3) is 0 Å². The van der Waals surface area contributed by atoms with E-state index in [2.05, 4.69) is 44.4 Å². The molecule has 1 aromatic carbocycles. The van der Waals surface area contributed by atoms with E-state index in [-0.39, 0.29) is 0 Å². The van der Waals surface area contributed by atoms with Crippen LogP contribution in [0.15, 0.2) is 48.7 Å². The van der Waals surface area contributed by atoms with E-state index in [1.54, 1.807) is 13.3 Å². The molecule has 2 rings (SSSR count). The van der Waals surface area contributed by atoms with Gasteiger partial charge in [-0.15, -0.1) is 0 Å². The summed E-state index contributed by atoms with van der Waals surface area (Å²) in [6, 6.07) is 14.4. The first kappa shape index (κ1) is 19.1. The molecule has 1 heterocycles. The molecule has 0 saturated carbocycles. The largest absolute Gasteiger partial charge is 0.383 e. The van der Waals surface area contributed by atoms with Crippen molar-refractivity contribution in [2.75, 3.05) is 39.3 Å². The Morgan fingerprint density at radius 1 is 1.12 bits per heavy atom. The summed E-state index contributed by atoms with van der Waals surface area (Å²) in [6.45, 7) is 2.70. The van der Waals surface area contributed by atoms with Crippen LogP contribution in [0, 0.1) is 0 Å². The van der Waals surface area contributed by atoms with Crippen LogP contribution in [0.4, 0.5) is 5.69 Å². The van der Waals surface area contributed by atoms with Gasteiger partial charge in [0, 0.05) is 46.2 Å². The molecular formula is C19H26N4OS. The summed E-state index contributed by atoms with van der Waals surface area (Å²) in [5.74, 6) is 0. The van der Waals surface area contributed by atoms with Gasteiger partial charge in [0.05, 0.1) is 18.8 Å². The zero-order valence-electron chi connectivity index (χ0n) is 15.1. The van der Waals surface area contributed by atoms with Crippen LogP contribution in [0.1, 0.15) is 11.3 Å². The second kappa shape index (κ2) is 9.96. The van der Waals surface area contributed by atoms with Crippen molar-refractivity contribution in [2.24, 2.45) is 0 Å². The third kappa shape index (κ3) is 6.32. The monoisotopic (exact) mass is 358 g/mol. The fourth-order valence-electron chi connectivity index (χ4n) is 2.38. The SMILES string of the molecule is COCCNC(=S)N(Cc1ccc(N(C)C)cc1)Cc1ccccn1. The zero-order chi connectivity index (χ0) is 18.1. The Hall–Kier alpha value is -2.18. The number of nitrogens with zero attached hydrogens (tertiary/aromatic N) is 3. The molecule has 0 spiro atoms. The highest BCUT2D eigenvalue weighted by Crippen LogP contribution is 2.15. The number of methoxy groups -OCH3 is 1. The molecule has 5 nitrogen and oxygen atoms in total. The molecule has 0 saturated heterocycles. The van der Waals surface area contributed by atoms with Crippen LogP contribution in [0.2, 0.25) is 0 Å². The molecule has 25 heavy (non-hydrogen) atoms. The molecule has 1 N–H and O–H groups in total. The average molecular weight is 359 g/mol. The second-order valence-corrected chi connectivity index (χ2v) is 6.35. The van der Waals surface area contributed by atoms with Crippen molar-refractivity contribution in [2.45, 2.75) is 13.1 Å². The molecule has 1 aromatic heterocycles. The van der Waals surface area contributed by atoms with Gasteiger partial charge in [-0.25, -0.2) is 0 Å². The minimum Gasteiger partial charge on any atom is -0.383 e. The van der Waals surface area contributed by atoms with Crippen molar-refractivity contribution in [3.05, 3.63) is 59.9 Å². The number of hydrogen-bond acceptors (Lipinski definition) is 4. The molecule has 2 aromatic rings. The van der Waals surface area contributed by atoms with E-state index in [0.717, 1.165) is 12.2 Å². The van der Waals surface area contributed by atoms with E-state index in [9.17, 15) is 0 Å². The van der Waals surface area contributed by atoms with Gasteiger partial charge >= 0.3 is 0 Å². The molecule has 0 radical (unpaired) electrons. The summed E-state index contributed by atoms with van der Waals surface area (Å²) in [5, 5.41) is 3.96. The molecule has 0 aliphatic carbocycles. The fourth-order valence-corrected chi connectivity index (χ4v) is 2.61. The summed E-state index contributed by atoms with van der Waals surface area (Å²) in [4.78, 5) is 8.63. The number of hydrogen-bond donors (Lipinski definition) is 1. The van der Waals surface area contributed by atoms with E-state index in [4.69, 9.17) is 17.0 Å². The van der Waals surface area contributed by atoms with Crippen LogP contribution >= 0.6 is 12.2 Å². The maximum absolute atomic E-state index is 5.58. The first-order valence-electron chi connectivity index (χ1n) is 8.28. The number of nitrogens with one attached hydrogen (secondary N) is 1. The summed E-state index contributed by atoms with van der Waals surface area (Å²) in [5.41, 5.74) is 3.38. The van der Waals surface area contributed by atoms with Crippen LogP contribution in [0.25, 0.3) is 0 Å². The van der Waals surface area contributed by atoms with Crippen LogP contribution in [0.5, 0.6) is 0 Å². The zero-order valence-corrected chi connectivity index (χ0v) is 15.9. The molecule has 0 bridgehead atoms. The third-order valence-electron chi connectivity index (χ3n) is 3.77. The molecule has 0 aliphatic heterocycles. The lowest BCUT2D eigenvalue weighted by Crippen LogP contribution is -2.40. The highest BCUT2D eigenvalue weighted by Gasteiger charge is 2.12. The summed E-state index contributed by atoms with van der Waals surface area (Å²) in [6.07, 6.45) is 1.81. The van der Waals surface area contributed by atoms with Crippen molar-refractivity contribution in [1.29, 1.82) is 0 Å². The lowest BCUT2D eigenvalue weighted by molar-refractivity contribution is 0.202. The Morgan fingerprint density at radius 2 is 1.88 bits per heavy atom. The van der Waals surface area contributed by atoms with Gasteiger partial charge in [-0.3, -0.25) is 4.98 Å². The number of benzene rings is 1. The van der Waals surface area contributed by atoms with E-state index < -0.39 is 0 Å². The molecule has 0 fully saturated rings. The minimum atomic E-state index is 0.620. The number of anilines is 1. The van der Waals surface area contributed by atoms with Crippen molar-refractivity contribution >= 4 is 23.0 Å². The predicted octanol–water partition coefficient (Wildman–Crippen LogP) is 2.67.